The number of aromatic hydroxyl groups is 1. The van der Waals surface area contributed by atoms with Gasteiger partial charge in [-0.15, -0.1) is 10.2 Å². The van der Waals surface area contributed by atoms with Crippen LogP contribution in [0.15, 0.2) is 66.7 Å². The highest BCUT2D eigenvalue weighted by Crippen LogP contribution is 2.37. The number of phenols is 1. The highest BCUT2D eigenvalue weighted by Gasteiger charge is 2.21. The van der Waals surface area contributed by atoms with Gasteiger partial charge in [-0.25, -0.2) is 4.79 Å². The number of nitrogens with one attached hydrogen (secondary N) is 2. The molecule has 0 unspecified atom stereocenters. The second-order valence-electron chi connectivity index (χ2n) is 8.18. The average Bonchev–Trinajstić information content (AvgIpc) is 3.46. The summed E-state index contributed by atoms with van der Waals surface area (Å²) in [6.45, 7) is 0. The van der Waals surface area contributed by atoms with Crippen molar-refractivity contribution in [1.29, 1.82) is 0 Å². The van der Waals surface area contributed by atoms with E-state index in [1.54, 1.807) is 25.2 Å². The number of carboxylic acid groups (broad SMARTS) is 1. The van der Waals surface area contributed by atoms with E-state index >= 15 is 0 Å². The number of aromatic nitrogens is 3. The van der Waals surface area contributed by atoms with Crippen LogP contribution in [0.5, 0.6) is 5.75 Å². The van der Waals surface area contributed by atoms with Crippen LogP contribution in [0.1, 0.15) is 10.4 Å². The zero-order valence-electron chi connectivity index (χ0n) is 19.6. The number of amides is 2. The Bertz CT molecular complexity index is 1730. The first-order valence-electron chi connectivity index (χ1n) is 11.1. The highest BCUT2D eigenvalue weighted by atomic mass is 127. The fourth-order valence-electron chi connectivity index (χ4n) is 3.97. The summed E-state index contributed by atoms with van der Waals surface area (Å²) in [7, 11) is 1.80. The molecule has 0 saturated carbocycles. The van der Waals surface area contributed by atoms with Gasteiger partial charge < -0.3 is 20.1 Å². The molecule has 3 aromatic carbocycles. The fraction of sp³-hybridized carbons (Fsp3) is 0.0385. The molecule has 0 radical (unpaired) electrons. The molecule has 0 spiro atoms. The average molecular weight is 639 g/mol. The standard InChI is InChI=1S/C26H18IN5O5S/c1-32-18-12-19(33)17(25(36)37)11-16(18)20(27)21(32)14-8-5-9-15(10-14)28-22(34)23(35)29-26-31-30-24(38-26)13-6-3-2-4-7-13/h2-12,33H,1H3,(H,28,34)(H,36,37)(H,29,31,35). The monoisotopic (exact) mass is 639 g/mol. The minimum atomic E-state index is -1.22. The molecule has 10 nitrogen and oxygen atoms in total. The third kappa shape index (κ3) is 4.82. The number of hydrogen-bond donors (Lipinski definition) is 4. The van der Waals surface area contributed by atoms with Crippen molar-refractivity contribution < 1.29 is 24.6 Å². The van der Waals surface area contributed by atoms with Crippen LogP contribution >= 0.6 is 33.9 Å². The molecule has 0 fully saturated rings. The van der Waals surface area contributed by atoms with Crippen molar-refractivity contribution in [1.82, 2.24) is 14.8 Å². The Hall–Kier alpha value is -4.30. The third-order valence-corrected chi connectivity index (χ3v) is 7.73. The van der Waals surface area contributed by atoms with Crippen molar-refractivity contribution in [3.63, 3.8) is 0 Å². The highest BCUT2D eigenvalue weighted by molar-refractivity contribution is 14.1. The number of aryl methyl sites for hydroxylation is 1. The van der Waals surface area contributed by atoms with Crippen LogP contribution in [0.25, 0.3) is 32.7 Å². The lowest BCUT2D eigenvalue weighted by Crippen LogP contribution is -2.29. The number of hydrogen-bond acceptors (Lipinski definition) is 7. The molecule has 2 heterocycles. The molecule has 0 saturated heterocycles. The maximum absolute atomic E-state index is 12.6. The minimum Gasteiger partial charge on any atom is -0.507 e. The Balaban J connectivity index is 1.36. The molecule has 0 atom stereocenters. The Morgan fingerprint density at radius 1 is 0.921 bits per heavy atom. The number of carbonyl (C=O) groups excluding carboxylic acids is 2. The molecular weight excluding hydrogens is 621 g/mol. The van der Waals surface area contributed by atoms with Crippen molar-refractivity contribution in [3.05, 3.63) is 75.9 Å². The zero-order chi connectivity index (χ0) is 27.0. The second-order valence-corrected chi connectivity index (χ2v) is 10.2. The van der Waals surface area contributed by atoms with Gasteiger partial charge in [0, 0.05) is 38.9 Å². The number of benzene rings is 3. The molecule has 190 valence electrons. The molecule has 0 aliphatic rings. The first-order valence-corrected chi connectivity index (χ1v) is 13.0. The van der Waals surface area contributed by atoms with Crippen LogP contribution in [0.4, 0.5) is 10.8 Å². The Morgan fingerprint density at radius 2 is 1.63 bits per heavy atom. The van der Waals surface area contributed by atoms with Crippen molar-refractivity contribution >= 4 is 73.4 Å². The Morgan fingerprint density at radius 3 is 2.37 bits per heavy atom. The molecule has 38 heavy (non-hydrogen) atoms. The molecule has 4 N–H and O–H groups in total. The zero-order valence-corrected chi connectivity index (χ0v) is 22.6. The van der Waals surface area contributed by atoms with Gasteiger partial charge in [0.1, 0.15) is 16.3 Å². The maximum Gasteiger partial charge on any atom is 0.339 e. The minimum absolute atomic E-state index is 0.189. The van der Waals surface area contributed by atoms with Gasteiger partial charge in [0.25, 0.3) is 0 Å². The van der Waals surface area contributed by atoms with Crippen molar-refractivity contribution in [2.75, 3.05) is 10.6 Å². The van der Waals surface area contributed by atoms with E-state index in [0.717, 1.165) is 31.7 Å². The van der Waals surface area contributed by atoms with E-state index in [1.807, 2.05) is 41.0 Å². The van der Waals surface area contributed by atoms with E-state index in [2.05, 4.69) is 43.4 Å². The summed E-state index contributed by atoms with van der Waals surface area (Å²) in [5, 5.41) is 34.1. The van der Waals surface area contributed by atoms with Gasteiger partial charge in [-0.05, 0) is 40.8 Å². The predicted molar refractivity (Wildman–Crippen MR) is 152 cm³/mol. The molecule has 0 aliphatic carbocycles. The SMILES string of the molecule is Cn1c(-c2cccc(NC(=O)C(=O)Nc3nnc(-c4ccccc4)s3)c2)c(I)c2cc(C(=O)O)c(O)cc21. The molecular formula is C26H18IN5O5S. The molecule has 0 aliphatic heterocycles. The van der Waals surface area contributed by atoms with E-state index in [1.165, 1.54) is 12.1 Å². The number of aromatic carboxylic acids is 1. The van der Waals surface area contributed by atoms with Crippen LogP contribution < -0.4 is 10.6 Å². The summed E-state index contributed by atoms with van der Waals surface area (Å²) in [6, 6.07) is 19.1. The quantitative estimate of drug-likeness (QED) is 0.157. The van der Waals surface area contributed by atoms with Gasteiger partial charge in [0.15, 0.2) is 0 Å². The molecule has 12 heteroatoms. The van der Waals surface area contributed by atoms with Gasteiger partial charge in [-0.3, -0.25) is 14.9 Å². The van der Waals surface area contributed by atoms with E-state index in [0.29, 0.717) is 21.6 Å². The number of carbonyl (C=O) groups is 3. The van der Waals surface area contributed by atoms with Crippen LogP contribution in [-0.2, 0) is 16.6 Å². The third-order valence-electron chi connectivity index (χ3n) is 5.75. The number of carboxylic acids is 1. The number of anilines is 2. The lowest BCUT2D eigenvalue weighted by atomic mass is 10.1. The van der Waals surface area contributed by atoms with Crippen LogP contribution in [-0.4, -0.2) is 42.8 Å². The normalized spacial score (nSPS) is 10.9. The summed E-state index contributed by atoms with van der Waals surface area (Å²) < 4.78 is 2.60. The Labute approximate surface area is 233 Å². The van der Waals surface area contributed by atoms with Gasteiger partial charge in [0.2, 0.25) is 5.13 Å². The van der Waals surface area contributed by atoms with Gasteiger partial charge >= 0.3 is 17.8 Å². The number of nitrogens with zero attached hydrogens (tertiary/aromatic N) is 3. The van der Waals surface area contributed by atoms with E-state index in [9.17, 15) is 24.6 Å². The number of rotatable bonds is 5. The number of fused-ring (bicyclic) bond motifs is 1. The van der Waals surface area contributed by atoms with Crippen molar-refractivity contribution in [3.8, 4) is 27.6 Å². The summed E-state index contributed by atoms with van der Waals surface area (Å²) >= 11 is 3.28. The largest absolute Gasteiger partial charge is 0.507 e. The van der Waals surface area contributed by atoms with Crippen molar-refractivity contribution in [2.24, 2.45) is 7.05 Å². The molecule has 5 rings (SSSR count). The predicted octanol–water partition coefficient (Wildman–Crippen LogP) is 4.95. The first kappa shape index (κ1) is 25.4. The van der Waals surface area contributed by atoms with Gasteiger partial charge in [-0.2, -0.15) is 0 Å². The van der Waals surface area contributed by atoms with Gasteiger partial charge in [-0.1, -0.05) is 53.8 Å². The summed E-state index contributed by atoms with van der Waals surface area (Å²) in [5.74, 6) is -3.31. The molecule has 2 aromatic heterocycles. The van der Waals surface area contributed by atoms with Crippen LogP contribution in [0, 0.1) is 3.57 Å². The summed E-state index contributed by atoms with van der Waals surface area (Å²) in [4.78, 5) is 36.6. The maximum atomic E-state index is 12.6. The van der Waals surface area contributed by atoms with Gasteiger partial charge in [0.05, 0.1) is 11.2 Å². The smallest absolute Gasteiger partial charge is 0.339 e. The van der Waals surface area contributed by atoms with Crippen molar-refractivity contribution in [2.45, 2.75) is 0 Å². The second kappa shape index (κ2) is 10.2. The van der Waals surface area contributed by atoms with E-state index < -0.39 is 17.8 Å². The van der Waals surface area contributed by atoms with Crippen LogP contribution in [0.2, 0.25) is 0 Å². The molecule has 0 bridgehead atoms. The first-order chi connectivity index (χ1) is 18.2. The Kier molecular flexibility index (Phi) is 6.82. The molecule has 2 amide bonds. The summed E-state index contributed by atoms with van der Waals surface area (Å²) in [5.41, 5.74) is 3.17. The topological polar surface area (TPSA) is 146 Å². The van der Waals surface area contributed by atoms with E-state index in [-0.39, 0.29) is 16.4 Å². The summed E-state index contributed by atoms with van der Waals surface area (Å²) in [6.07, 6.45) is 0. The molecule has 5 aromatic rings. The van der Waals surface area contributed by atoms with E-state index in [4.69, 9.17) is 0 Å². The number of halogens is 1. The lowest BCUT2D eigenvalue weighted by Gasteiger charge is -2.09. The lowest BCUT2D eigenvalue weighted by molar-refractivity contribution is -0.133. The fourth-order valence-corrected chi connectivity index (χ4v) is 5.82. The van der Waals surface area contributed by atoms with Crippen LogP contribution in [0.3, 0.4) is 0 Å².